The summed E-state index contributed by atoms with van der Waals surface area (Å²) in [6, 6.07) is -5.52. The van der Waals surface area contributed by atoms with Crippen LogP contribution < -0.4 is 10.4 Å². The van der Waals surface area contributed by atoms with Crippen molar-refractivity contribution in [1.82, 2.24) is 5.31 Å². The van der Waals surface area contributed by atoms with E-state index in [1.54, 1.807) is 0 Å². The minimum atomic E-state index is -5.78. The van der Waals surface area contributed by atoms with E-state index in [1.807, 2.05) is 0 Å². The summed E-state index contributed by atoms with van der Waals surface area (Å²) < 4.78 is 157. The van der Waals surface area contributed by atoms with Crippen molar-refractivity contribution in [1.29, 1.82) is 0 Å². The molecule has 9 heteroatoms. The summed E-state index contributed by atoms with van der Waals surface area (Å²) in [5.41, 5.74) is -1.53. The molecule has 2 atom stereocenters. The van der Waals surface area contributed by atoms with Crippen molar-refractivity contribution in [3.63, 3.8) is 0 Å². The highest BCUT2D eigenvalue weighted by Gasteiger charge is 2.39. The molecule has 0 bridgehead atoms. The Morgan fingerprint density at radius 1 is 1.89 bits per heavy atom. The standard InChI is InChI=1S/C10H16N2O4S3/c1-3-12-8-4-6(2)18(13,14)10-7(8)5-9(17-10)19(11,15)16/h5-6,8,12H,3-4H2,1-2H3,(H2,11,15,16)/t6-,8-/m0/s1/i1D3,2D3,3D2,4D2,5D,6D,8D/hD. The van der Waals surface area contributed by atoms with Crippen LogP contribution in [0.2, 0.25) is 1.41 Å². The van der Waals surface area contributed by atoms with Crippen molar-refractivity contribution in [2.75, 3.05) is 6.50 Å². The van der Waals surface area contributed by atoms with Gasteiger partial charge in [-0.3, -0.25) is 0 Å². The molecule has 108 valence electrons. The van der Waals surface area contributed by atoms with Gasteiger partial charge in [0.1, 0.15) is 9.83 Å². The molecule has 1 aromatic rings. The van der Waals surface area contributed by atoms with Crippen molar-refractivity contribution in [2.45, 2.75) is 39.7 Å². The van der Waals surface area contributed by atoms with Crippen LogP contribution in [0.1, 0.15) is 49.5 Å². The second-order valence-corrected chi connectivity index (χ2v) is 8.11. The van der Waals surface area contributed by atoms with Crippen molar-refractivity contribution >= 4 is 31.2 Å². The number of sulfone groups is 1. The quantitative estimate of drug-likeness (QED) is 0.840. The van der Waals surface area contributed by atoms with Gasteiger partial charge >= 0.3 is 0 Å². The van der Waals surface area contributed by atoms with Gasteiger partial charge in [-0.2, -0.15) is 0 Å². The SMILES string of the molecule is [2H]c1c(S(N)(=O)=O)sc2c1[C@@]([2H])(N([2H])C([2H])([2H])C([2H])([2H])[2H])C([2H])([2H])[C@]([2H])(C([2H])([2H])[2H])S2(=O)=O. The molecule has 19 heavy (non-hydrogen) atoms. The molecule has 2 rings (SSSR count). The Balaban J connectivity index is 3.26. The number of thiophene rings is 1. The summed E-state index contributed by atoms with van der Waals surface area (Å²) in [6.45, 7) is -11.9. The number of sulfonamides is 1. The lowest BCUT2D eigenvalue weighted by atomic mass is 10.1. The maximum atomic E-state index is 13.2. The van der Waals surface area contributed by atoms with Gasteiger partial charge < -0.3 is 5.31 Å². The monoisotopic (exact) mass is 338 g/mol. The summed E-state index contributed by atoms with van der Waals surface area (Å²) in [6.07, 6.45) is -4.34. The predicted octanol–water partition coefficient (Wildman–Crippen LogP) is 0.612. The lowest BCUT2D eigenvalue weighted by Crippen LogP contribution is -2.33. The van der Waals surface area contributed by atoms with E-state index in [0.717, 1.165) is 0 Å². The van der Waals surface area contributed by atoms with Gasteiger partial charge in [0.25, 0.3) is 0 Å². The number of fused-ring (bicyclic) bond motifs is 1. The Labute approximate surface area is 136 Å². The van der Waals surface area contributed by atoms with Gasteiger partial charge in [0.2, 0.25) is 10.0 Å². The largest absolute Gasteiger partial charge is 0.310 e. The van der Waals surface area contributed by atoms with Crippen molar-refractivity contribution in [2.24, 2.45) is 5.14 Å². The Kier molecular flexibility index (Phi) is 1.28. The fraction of sp³-hybridized carbons (Fsp3) is 0.600. The molecule has 0 saturated carbocycles. The van der Waals surface area contributed by atoms with Crippen LogP contribution in [0, 0.1) is 0 Å². The number of primary sulfonamides is 1. The van der Waals surface area contributed by atoms with Gasteiger partial charge in [0.15, 0.2) is 9.84 Å². The van der Waals surface area contributed by atoms with Gasteiger partial charge in [-0.25, -0.2) is 22.0 Å². The predicted molar refractivity (Wildman–Crippen MR) is 73.4 cm³/mol. The summed E-state index contributed by atoms with van der Waals surface area (Å²) in [7, 11) is -10.7. The molecule has 1 aliphatic heterocycles. The minimum absolute atomic E-state index is 0.385. The van der Waals surface area contributed by atoms with E-state index in [2.05, 4.69) is 0 Å². The summed E-state index contributed by atoms with van der Waals surface area (Å²) in [5.74, 6) is 0. The molecule has 0 fully saturated rings. The molecule has 3 N–H and O–H groups in total. The van der Waals surface area contributed by atoms with E-state index in [-0.39, 0.29) is 11.3 Å². The Bertz CT molecular complexity index is 1200. The molecule has 0 aromatic carbocycles. The zero-order valence-electron chi connectivity index (χ0n) is 22.9. The average molecular weight is 339 g/mol. The molecule has 0 amide bonds. The lowest BCUT2D eigenvalue weighted by molar-refractivity contribution is 0.477. The molecule has 1 aliphatic rings. The third-order valence-corrected chi connectivity index (χ3v) is 6.51. The zero-order valence-corrected chi connectivity index (χ0v) is 11.3. The lowest BCUT2D eigenvalue weighted by Gasteiger charge is -2.27. The van der Waals surface area contributed by atoms with Crippen molar-refractivity contribution in [3.05, 3.63) is 11.6 Å². The van der Waals surface area contributed by atoms with E-state index in [4.69, 9.17) is 24.4 Å². The average Bonchev–Trinajstić information content (AvgIpc) is 2.94. The van der Waals surface area contributed by atoms with Crippen LogP contribution in [-0.4, -0.2) is 28.6 Å². The highest BCUT2D eigenvalue weighted by Crippen LogP contribution is 2.42. The first kappa shape index (κ1) is 5.06. The fourth-order valence-electron chi connectivity index (χ4n) is 1.26. The van der Waals surface area contributed by atoms with Gasteiger partial charge in [-0.1, -0.05) is 6.85 Å². The molecule has 0 radical (unpaired) electrons. The smallest absolute Gasteiger partial charge is 0.247 e. The third-order valence-electron chi connectivity index (χ3n) is 2.02. The van der Waals surface area contributed by atoms with Gasteiger partial charge in [0, 0.05) is 26.7 Å². The van der Waals surface area contributed by atoms with Crippen LogP contribution in [-0.2, 0) is 19.9 Å². The fourth-order valence-corrected chi connectivity index (χ4v) is 4.72. The number of hydrogen-bond acceptors (Lipinski definition) is 6. The second-order valence-electron chi connectivity index (χ2n) is 3.25. The third kappa shape index (κ3) is 2.57. The van der Waals surface area contributed by atoms with E-state index >= 15 is 0 Å². The number of hydrogen-bond donors (Lipinski definition) is 2. The molecule has 0 aliphatic carbocycles. The molecule has 0 saturated heterocycles. The van der Waals surface area contributed by atoms with Gasteiger partial charge in [0.05, 0.1) is 7.97 Å². The summed E-state index contributed by atoms with van der Waals surface area (Å²) >= 11 is -0.385. The van der Waals surface area contributed by atoms with Crippen LogP contribution in [0.4, 0.5) is 0 Å². The minimum Gasteiger partial charge on any atom is -0.310 e. The first-order valence-corrected chi connectivity index (χ1v) is 8.22. The topological polar surface area (TPSA) is 106 Å². The Morgan fingerprint density at radius 3 is 3.21 bits per heavy atom. The van der Waals surface area contributed by atoms with Crippen LogP contribution >= 0.6 is 11.3 Å². The van der Waals surface area contributed by atoms with E-state index in [0.29, 0.717) is 0 Å². The normalized spacial score (nSPS) is 49.6. The van der Waals surface area contributed by atoms with Crippen LogP contribution in [0.15, 0.2) is 14.5 Å². The Morgan fingerprint density at radius 2 is 2.63 bits per heavy atom. The zero-order chi connectivity index (χ0) is 26.6. The molecule has 2 heterocycles. The highest BCUT2D eigenvalue weighted by molar-refractivity contribution is 7.95. The highest BCUT2D eigenvalue weighted by atomic mass is 32.3. The Hall–Kier alpha value is -0.480. The molecular weight excluding hydrogens is 308 g/mol. The molecule has 6 nitrogen and oxygen atoms in total. The molecule has 1 aromatic heterocycles. The maximum Gasteiger partial charge on any atom is 0.247 e. The maximum absolute atomic E-state index is 13.2. The molecule has 0 spiro atoms. The molecular formula is C10H16N2O4S3. The summed E-state index contributed by atoms with van der Waals surface area (Å²) in [4.78, 5) is 0. The molecule has 0 unspecified atom stereocenters. The number of nitrogens with two attached hydrogens (primary N) is 1. The van der Waals surface area contributed by atoms with Crippen molar-refractivity contribution < 1.29 is 36.1 Å². The van der Waals surface area contributed by atoms with Crippen LogP contribution in [0.5, 0.6) is 0 Å². The van der Waals surface area contributed by atoms with Gasteiger partial charge in [-0.05, 0) is 25.8 Å². The summed E-state index contributed by atoms with van der Waals surface area (Å²) in [5, 5.41) is -0.343. The van der Waals surface area contributed by atoms with E-state index in [1.165, 1.54) is 0 Å². The van der Waals surface area contributed by atoms with E-state index < -0.39 is 83.0 Å². The van der Waals surface area contributed by atoms with Crippen LogP contribution in [0.25, 0.3) is 0 Å². The first-order valence-electron chi connectivity index (χ1n) is 11.3. The van der Waals surface area contributed by atoms with Crippen LogP contribution in [0.3, 0.4) is 0 Å². The number of rotatable bonds is 3. The number of nitrogens with one attached hydrogen (secondary N) is 1. The first-order chi connectivity index (χ1) is 14.2. The van der Waals surface area contributed by atoms with Crippen molar-refractivity contribution in [3.8, 4) is 0 Å². The van der Waals surface area contributed by atoms with Gasteiger partial charge in [-0.15, -0.1) is 11.3 Å². The van der Waals surface area contributed by atoms with E-state index in [9.17, 15) is 16.8 Å². The second kappa shape index (κ2) is 4.81.